The minimum absolute atomic E-state index is 0.0442. The summed E-state index contributed by atoms with van der Waals surface area (Å²) in [5, 5.41) is 4.22. The lowest BCUT2D eigenvalue weighted by atomic mass is 10.1. The highest BCUT2D eigenvalue weighted by Gasteiger charge is 2.07. The standard InChI is InChI=1S/C14H18FN3S/c1-2-18-9-11(8-17-18)6-13(16)10-19-14-5-3-4-12(15)7-14/h3-5,7-9,13H,2,6,10,16H2,1H3. The van der Waals surface area contributed by atoms with Crippen molar-refractivity contribution in [1.29, 1.82) is 0 Å². The number of aryl methyl sites for hydroxylation is 1. The molecule has 2 rings (SSSR count). The van der Waals surface area contributed by atoms with E-state index in [1.165, 1.54) is 12.1 Å². The van der Waals surface area contributed by atoms with Gasteiger partial charge in [-0.05, 0) is 37.1 Å². The lowest BCUT2D eigenvalue weighted by molar-refractivity contribution is 0.624. The van der Waals surface area contributed by atoms with Crippen molar-refractivity contribution in [3.8, 4) is 0 Å². The van der Waals surface area contributed by atoms with Crippen molar-refractivity contribution in [1.82, 2.24) is 9.78 Å². The predicted molar refractivity (Wildman–Crippen MR) is 76.7 cm³/mol. The average Bonchev–Trinajstić information content (AvgIpc) is 2.84. The van der Waals surface area contributed by atoms with Crippen molar-refractivity contribution >= 4 is 11.8 Å². The van der Waals surface area contributed by atoms with E-state index in [4.69, 9.17) is 5.73 Å². The van der Waals surface area contributed by atoms with Crippen LogP contribution in [0.2, 0.25) is 0 Å². The first-order chi connectivity index (χ1) is 9.17. The number of thioether (sulfide) groups is 1. The third-order valence-corrected chi connectivity index (χ3v) is 3.95. The second kappa shape index (κ2) is 6.73. The first-order valence-electron chi connectivity index (χ1n) is 6.32. The Morgan fingerprint density at radius 3 is 3.00 bits per heavy atom. The van der Waals surface area contributed by atoms with Gasteiger partial charge in [0.1, 0.15) is 5.82 Å². The molecule has 3 nitrogen and oxygen atoms in total. The summed E-state index contributed by atoms with van der Waals surface area (Å²) in [6.45, 7) is 2.92. The van der Waals surface area contributed by atoms with Crippen LogP contribution >= 0.6 is 11.8 Å². The van der Waals surface area contributed by atoms with E-state index in [2.05, 4.69) is 12.0 Å². The lowest BCUT2D eigenvalue weighted by Crippen LogP contribution is -2.25. The summed E-state index contributed by atoms with van der Waals surface area (Å²) in [6, 6.07) is 6.64. The van der Waals surface area contributed by atoms with Gasteiger partial charge in [-0.25, -0.2) is 4.39 Å². The molecule has 5 heteroatoms. The molecule has 0 saturated heterocycles. The molecule has 1 heterocycles. The monoisotopic (exact) mass is 279 g/mol. The number of halogens is 1. The summed E-state index contributed by atoms with van der Waals surface area (Å²) in [7, 11) is 0. The lowest BCUT2D eigenvalue weighted by Gasteiger charge is -2.09. The molecule has 2 aromatic rings. The van der Waals surface area contributed by atoms with E-state index >= 15 is 0 Å². The number of hydrogen-bond acceptors (Lipinski definition) is 3. The van der Waals surface area contributed by atoms with Gasteiger partial charge in [0.25, 0.3) is 0 Å². The van der Waals surface area contributed by atoms with Crippen molar-refractivity contribution in [2.24, 2.45) is 5.73 Å². The molecule has 0 aliphatic heterocycles. The zero-order valence-corrected chi connectivity index (χ0v) is 11.7. The third kappa shape index (κ3) is 4.36. The van der Waals surface area contributed by atoms with Gasteiger partial charge in [0.15, 0.2) is 0 Å². The van der Waals surface area contributed by atoms with Crippen LogP contribution in [0.25, 0.3) is 0 Å². The molecule has 102 valence electrons. The number of hydrogen-bond donors (Lipinski definition) is 1. The van der Waals surface area contributed by atoms with E-state index in [-0.39, 0.29) is 11.9 Å². The molecule has 1 aromatic carbocycles. The van der Waals surface area contributed by atoms with E-state index < -0.39 is 0 Å². The number of rotatable bonds is 6. The molecule has 0 saturated carbocycles. The number of nitrogens with two attached hydrogens (primary N) is 1. The normalized spacial score (nSPS) is 12.6. The Balaban J connectivity index is 1.82. The maximum Gasteiger partial charge on any atom is 0.124 e. The first kappa shape index (κ1) is 14.1. The topological polar surface area (TPSA) is 43.8 Å². The van der Waals surface area contributed by atoms with Crippen LogP contribution in [-0.4, -0.2) is 21.6 Å². The van der Waals surface area contributed by atoms with Gasteiger partial charge in [0.2, 0.25) is 0 Å². The van der Waals surface area contributed by atoms with Crippen molar-refractivity contribution in [2.75, 3.05) is 5.75 Å². The largest absolute Gasteiger partial charge is 0.327 e. The van der Waals surface area contributed by atoms with Crippen LogP contribution in [-0.2, 0) is 13.0 Å². The number of aromatic nitrogens is 2. The van der Waals surface area contributed by atoms with Gasteiger partial charge >= 0.3 is 0 Å². The Labute approximate surface area is 117 Å². The Hall–Kier alpha value is -1.33. The molecule has 1 unspecified atom stereocenters. The molecule has 2 N–H and O–H groups in total. The average molecular weight is 279 g/mol. The maximum atomic E-state index is 13.0. The summed E-state index contributed by atoms with van der Waals surface area (Å²) in [5.41, 5.74) is 7.24. The van der Waals surface area contributed by atoms with Gasteiger partial charge in [-0.1, -0.05) is 6.07 Å². The maximum absolute atomic E-state index is 13.0. The van der Waals surface area contributed by atoms with Gasteiger partial charge in [0, 0.05) is 29.4 Å². The SMILES string of the molecule is CCn1cc(CC(N)CSc2cccc(F)c2)cn1. The van der Waals surface area contributed by atoms with Gasteiger partial charge in [-0.2, -0.15) is 5.10 Å². The van der Waals surface area contributed by atoms with Crippen LogP contribution in [0.15, 0.2) is 41.6 Å². The fourth-order valence-corrected chi connectivity index (χ4v) is 2.70. The predicted octanol–water partition coefficient (Wildman–Crippen LogP) is 2.70. The van der Waals surface area contributed by atoms with E-state index in [9.17, 15) is 4.39 Å². The highest BCUT2D eigenvalue weighted by atomic mass is 32.2. The first-order valence-corrected chi connectivity index (χ1v) is 7.31. The van der Waals surface area contributed by atoms with Crippen LogP contribution in [0.3, 0.4) is 0 Å². The Bertz CT molecular complexity index is 527. The van der Waals surface area contributed by atoms with Crippen LogP contribution in [0.5, 0.6) is 0 Å². The zero-order chi connectivity index (χ0) is 13.7. The summed E-state index contributed by atoms with van der Waals surface area (Å²) >= 11 is 1.58. The number of benzene rings is 1. The van der Waals surface area contributed by atoms with Gasteiger partial charge < -0.3 is 5.73 Å². The molecule has 0 bridgehead atoms. The summed E-state index contributed by atoms with van der Waals surface area (Å²) in [4.78, 5) is 0.916. The summed E-state index contributed by atoms with van der Waals surface area (Å²) in [6.07, 6.45) is 4.67. The number of nitrogens with zero attached hydrogens (tertiary/aromatic N) is 2. The van der Waals surface area contributed by atoms with Crippen molar-refractivity contribution in [3.05, 3.63) is 48.0 Å². The van der Waals surface area contributed by atoms with Crippen LogP contribution < -0.4 is 5.73 Å². The Kier molecular flexibility index (Phi) is 4.99. The van der Waals surface area contributed by atoms with Crippen molar-refractivity contribution < 1.29 is 4.39 Å². The molecule has 0 radical (unpaired) electrons. The molecule has 0 aliphatic carbocycles. The highest BCUT2D eigenvalue weighted by Crippen LogP contribution is 2.19. The molecule has 1 aromatic heterocycles. The molecule has 0 amide bonds. The Morgan fingerprint density at radius 2 is 2.32 bits per heavy atom. The van der Waals surface area contributed by atoms with Crippen LogP contribution in [0.4, 0.5) is 4.39 Å². The fraction of sp³-hybridized carbons (Fsp3) is 0.357. The second-order valence-corrected chi connectivity index (χ2v) is 5.53. The van der Waals surface area contributed by atoms with Gasteiger partial charge in [-0.15, -0.1) is 11.8 Å². The van der Waals surface area contributed by atoms with E-state index in [0.29, 0.717) is 0 Å². The Morgan fingerprint density at radius 1 is 1.47 bits per heavy atom. The van der Waals surface area contributed by atoms with Gasteiger partial charge in [-0.3, -0.25) is 4.68 Å². The molecular weight excluding hydrogens is 261 g/mol. The minimum atomic E-state index is -0.206. The van der Waals surface area contributed by atoms with Gasteiger partial charge in [0.05, 0.1) is 6.20 Å². The molecule has 19 heavy (non-hydrogen) atoms. The smallest absolute Gasteiger partial charge is 0.124 e. The van der Waals surface area contributed by atoms with Crippen molar-refractivity contribution in [2.45, 2.75) is 30.8 Å². The van der Waals surface area contributed by atoms with Crippen LogP contribution in [0, 0.1) is 5.82 Å². The summed E-state index contributed by atoms with van der Waals surface area (Å²) in [5.74, 6) is 0.559. The molecule has 1 atom stereocenters. The van der Waals surface area contributed by atoms with E-state index in [1.54, 1.807) is 17.8 Å². The third-order valence-electron chi connectivity index (χ3n) is 2.77. The van der Waals surface area contributed by atoms with Crippen LogP contribution in [0.1, 0.15) is 12.5 Å². The highest BCUT2D eigenvalue weighted by molar-refractivity contribution is 7.99. The molecule has 0 aliphatic rings. The summed E-state index contributed by atoms with van der Waals surface area (Å²) < 4.78 is 14.9. The molecular formula is C14H18FN3S. The zero-order valence-electron chi connectivity index (χ0n) is 10.9. The van der Waals surface area contributed by atoms with Crippen molar-refractivity contribution in [3.63, 3.8) is 0 Å². The molecule has 0 fully saturated rings. The second-order valence-electron chi connectivity index (χ2n) is 4.44. The molecule has 0 spiro atoms. The fourth-order valence-electron chi connectivity index (χ4n) is 1.81. The van der Waals surface area contributed by atoms with E-state index in [0.717, 1.165) is 29.2 Å². The minimum Gasteiger partial charge on any atom is -0.327 e. The van der Waals surface area contributed by atoms with E-state index in [1.807, 2.05) is 23.1 Å². The quantitative estimate of drug-likeness (QED) is 0.827.